The van der Waals surface area contributed by atoms with E-state index in [0.717, 1.165) is 62.2 Å². The molecule has 0 radical (unpaired) electrons. The summed E-state index contributed by atoms with van der Waals surface area (Å²) in [5.41, 5.74) is 3.94. The third-order valence-electron chi connectivity index (χ3n) is 7.73. The minimum Gasteiger partial charge on any atom is -0.391 e. The van der Waals surface area contributed by atoms with Gasteiger partial charge in [0.1, 0.15) is 12.4 Å². The summed E-state index contributed by atoms with van der Waals surface area (Å²) in [5.74, 6) is 0.278. The van der Waals surface area contributed by atoms with Gasteiger partial charge in [0, 0.05) is 48.9 Å². The van der Waals surface area contributed by atoms with Gasteiger partial charge in [-0.05, 0) is 91.9 Å². The van der Waals surface area contributed by atoms with E-state index < -0.39 is 0 Å². The van der Waals surface area contributed by atoms with Crippen molar-refractivity contribution >= 4 is 23.2 Å². The summed E-state index contributed by atoms with van der Waals surface area (Å²) in [6.45, 7) is 4.47. The van der Waals surface area contributed by atoms with Crippen LogP contribution in [0.25, 0.3) is 0 Å². The van der Waals surface area contributed by atoms with Gasteiger partial charge in [-0.25, -0.2) is 4.39 Å². The molecule has 2 aliphatic rings. The highest BCUT2D eigenvalue weighted by atomic mass is 35.5. The summed E-state index contributed by atoms with van der Waals surface area (Å²) >= 11 is 6.13. The molecule has 6 nitrogen and oxygen atoms in total. The second kappa shape index (κ2) is 13.2. The number of oxime groups is 1. The summed E-state index contributed by atoms with van der Waals surface area (Å²) in [7, 11) is 0. The first-order valence-corrected chi connectivity index (χ1v) is 14.0. The highest BCUT2D eigenvalue weighted by Gasteiger charge is 2.32. The lowest BCUT2D eigenvalue weighted by Crippen LogP contribution is -2.46. The molecule has 5 rings (SSSR count). The van der Waals surface area contributed by atoms with Crippen molar-refractivity contribution in [1.82, 2.24) is 14.8 Å². The fourth-order valence-electron chi connectivity index (χ4n) is 5.46. The molecule has 39 heavy (non-hydrogen) atoms. The molecule has 0 N–H and O–H groups in total. The van der Waals surface area contributed by atoms with Crippen LogP contribution in [-0.2, 0) is 22.8 Å². The van der Waals surface area contributed by atoms with Gasteiger partial charge in [0.05, 0.1) is 5.71 Å². The average Bonchev–Trinajstić information content (AvgIpc) is 2.98. The van der Waals surface area contributed by atoms with Crippen molar-refractivity contribution in [2.45, 2.75) is 38.8 Å². The van der Waals surface area contributed by atoms with Gasteiger partial charge in [-0.15, -0.1) is 0 Å². The first-order valence-electron chi connectivity index (χ1n) is 13.7. The highest BCUT2D eigenvalue weighted by molar-refractivity contribution is 6.30. The number of likely N-dealkylation sites (tertiary alicyclic amines) is 2. The van der Waals surface area contributed by atoms with Crippen LogP contribution in [0.3, 0.4) is 0 Å². The van der Waals surface area contributed by atoms with Gasteiger partial charge in [-0.1, -0.05) is 41.0 Å². The zero-order valence-electron chi connectivity index (χ0n) is 22.0. The first kappa shape index (κ1) is 27.3. The fraction of sp³-hybridized carbons (Fsp3) is 0.387. The predicted octanol–water partition coefficient (Wildman–Crippen LogP) is 5.95. The largest absolute Gasteiger partial charge is 0.391 e. The maximum Gasteiger partial charge on any atom is 0.225 e. The SMILES string of the molecule is O=C(C1CCN(Cc2ccncc2)CC1)N1CCC(C(=NOCc2ccc(F)cc2)c2ccc(Cl)cc2)CC1. The van der Waals surface area contributed by atoms with Crippen LogP contribution in [0, 0.1) is 17.7 Å². The summed E-state index contributed by atoms with van der Waals surface area (Å²) in [6.07, 6.45) is 7.12. The molecule has 2 saturated heterocycles. The van der Waals surface area contributed by atoms with E-state index in [1.54, 1.807) is 12.1 Å². The Morgan fingerprint density at radius 3 is 2.18 bits per heavy atom. The number of carbonyl (C=O) groups is 1. The molecule has 204 valence electrons. The van der Waals surface area contributed by atoms with Gasteiger partial charge in [0.2, 0.25) is 5.91 Å². The Kier molecular flexibility index (Phi) is 9.22. The summed E-state index contributed by atoms with van der Waals surface area (Å²) in [4.78, 5) is 27.6. The Morgan fingerprint density at radius 2 is 1.51 bits per heavy atom. The van der Waals surface area contributed by atoms with Crippen molar-refractivity contribution in [3.05, 3.63) is 101 Å². The fourth-order valence-corrected chi connectivity index (χ4v) is 5.58. The van der Waals surface area contributed by atoms with E-state index in [0.29, 0.717) is 18.1 Å². The molecule has 0 aliphatic carbocycles. The smallest absolute Gasteiger partial charge is 0.225 e. The topological polar surface area (TPSA) is 58.0 Å². The summed E-state index contributed by atoms with van der Waals surface area (Å²) < 4.78 is 13.2. The van der Waals surface area contributed by atoms with Crippen molar-refractivity contribution in [2.24, 2.45) is 17.0 Å². The van der Waals surface area contributed by atoms with E-state index >= 15 is 0 Å². The van der Waals surface area contributed by atoms with Crippen LogP contribution in [0.4, 0.5) is 4.39 Å². The molecular weight excluding hydrogens is 515 g/mol. The number of pyridine rings is 1. The Labute approximate surface area is 234 Å². The van der Waals surface area contributed by atoms with Crippen LogP contribution in [0.5, 0.6) is 0 Å². The van der Waals surface area contributed by atoms with Crippen LogP contribution < -0.4 is 0 Å². The Bertz CT molecular complexity index is 1240. The van der Waals surface area contributed by atoms with Crippen molar-refractivity contribution < 1.29 is 14.0 Å². The molecule has 0 saturated carbocycles. The number of piperidine rings is 2. The van der Waals surface area contributed by atoms with Gasteiger partial charge in [-0.2, -0.15) is 0 Å². The normalized spacial score (nSPS) is 17.8. The number of hydrogen-bond acceptors (Lipinski definition) is 5. The maximum atomic E-state index is 13.4. The molecule has 0 unspecified atom stereocenters. The second-order valence-electron chi connectivity index (χ2n) is 10.4. The summed E-state index contributed by atoms with van der Waals surface area (Å²) in [6, 6.07) is 18.0. The van der Waals surface area contributed by atoms with E-state index in [1.807, 2.05) is 41.6 Å². The zero-order valence-corrected chi connectivity index (χ0v) is 22.8. The molecule has 3 aromatic rings. The number of nitrogens with zero attached hydrogens (tertiary/aromatic N) is 4. The molecular formula is C31H34ClFN4O2. The van der Waals surface area contributed by atoms with E-state index in [-0.39, 0.29) is 30.2 Å². The number of rotatable bonds is 8. The third-order valence-corrected chi connectivity index (χ3v) is 7.99. The molecule has 8 heteroatoms. The summed E-state index contributed by atoms with van der Waals surface area (Å²) in [5, 5.41) is 5.20. The van der Waals surface area contributed by atoms with Crippen LogP contribution in [-0.4, -0.2) is 52.6 Å². The third kappa shape index (κ3) is 7.43. The van der Waals surface area contributed by atoms with E-state index in [4.69, 9.17) is 16.4 Å². The lowest BCUT2D eigenvalue weighted by molar-refractivity contribution is -0.138. The minimum absolute atomic E-state index is 0.0960. The zero-order chi connectivity index (χ0) is 27.0. The van der Waals surface area contributed by atoms with Crippen molar-refractivity contribution in [1.29, 1.82) is 0 Å². The second-order valence-corrected chi connectivity index (χ2v) is 10.8. The van der Waals surface area contributed by atoms with Gasteiger partial charge in [0.25, 0.3) is 0 Å². The number of hydrogen-bond donors (Lipinski definition) is 0. The van der Waals surface area contributed by atoms with E-state index in [2.05, 4.69) is 27.2 Å². The van der Waals surface area contributed by atoms with E-state index in [1.165, 1.54) is 17.7 Å². The maximum absolute atomic E-state index is 13.4. The lowest BCUT2D eigenvalue weighted by atomic mass is 9.87. The van der Waals surface area contributed by atoms with Crippen LogP contribution >= 0.6 is 11.6 Å². The average molecular weight is 549 g/mol. The van der Waals surface area contributed by atoms with Crippen LogP contribution in [0.15, 0.2) is 78.2 Å². The number of benzene rings is 2. The molecule has 2 aliphatic heterocycles. The monoisotopic (exact) mass is 548 g/mol. The molecule has 0 atom stereocenters. The molecule has 1 aromatic heterocycles. The molecule has 1 amide bonds. The minimum atomic E-state index is -0.277. The molecule has 2 aromatic carbocycles. The highest BCUT2D eigenvalue weighted by Crippen LogP contribution is 2.27. The van der Waals surface area contributed by atoms with E-state index in [9.17, 15) is 9.18 Å². The van der Waals surface area contributed by atoms with Crippen LogP contribution in [0.1, 0.15) is 42.4 Å². The number of aromatic nitrogens is 1. The quantitative estimate of drug-likeness (QED) is 0.258. The standard InChI is InChI=1S/C31H34ClFN4O2/c32-28-5-3-25(4-6-28)30(35-39-22-24-1-7-29(33)8-2-24)26-13-19-37(20-14-26)31(38)27-11-17-36(18-12-27)21-23-9-15-34-16-10-23/h1-10,15-16,26-27H,11-14,17-22H2. The molecule has 0 bridgehead atoms. The Balaban J connectivity index is 1.16. The predicted molar refractivity (Wildman–Crippen MR) is 151 cm³/mol. The van der Waals surface area contributed by atoms with Gasteiger partial charge in [0.15, 0.2) is 0 Å². The number of carbonyl (C=O) groups excluding carboxylic acids is 1. The number of halogens is 2. The van der Waals surface area contributed by atoms with Gasteiger partial charge < -0.3 is 9.74 Å². The van der Waals surface area contributed by atoms with Crippen LogP contribution in [0.2, 0.25) is 5.02 Å². The molecule has 3 heterocycles. The van der Waals surface area contributed by atoms with Crippen molar-refractivity contribution in [3.63, 3.8) is 0 Å². The molecule has 2 fully saturated rings. The van der Waals surface area contributed by atoms with Crippen molar-refractivity contribution in [2.75, 3.05) is 26.2 Å². The lowest BCUT2D eigenvalue weighted by Gasteiger charge is -2.37. The molecule has 0 spiro atoms. The number of amides is 1. The van der Waals surface area contributed by atoms with Gasteiger partial charge >= 0.3 is 0 Å². The Hall–Kier alpha value is -3.29. The van der Waals surface area contributed by atoms with Crippen molar-refractivity contribution in [3.8, 4) is 0 Å². The van der Waals surface area contributed by atoms with Gasteiger partial charge in [-0.3, -0.25) is 14.7 Å². The first-order chi connectivity index (χ1) is 19.0. The Morgan fingerprint density at radius 1 is 0.872 bits per heavy atom.